The monoisotopic (exact) mass is 359 g/mol. The molecule has 5 nitrogen and oxygen atoms in total. The maximum Gasteiger partial charge on any atom is 0.292 e. The Bertz CT molecular complexity index is 1000. The largest absolute Gasteiger partial charge is 0.381 e. The number of nitrogens with zero attached hydrogens (tertiary/aromatic N) is 3. The molecule has 0 fully saturated rings. The number of hydrogen-bond donors (Lipinski definition) is 0. The molecule has 1 aromatic heterocycles. The number of benzene rings is 2. The quantitative estimate of drug-likeness (QED) is 0.709. The second kappa shape index (κ2) is 6.83. The van der Waals surface area contributed by atoms with Gasteiger partial charge >= 0.3 is 0 Å². The van der Waals surface area contributed by atoms with Crippen molar-refractivity contribution in [1.29, 1.82) is 0 Å². The molecule has 5 heteroatoms. The molecular formula is C22H21N3O2. The third kappa shape index (κ3) is 3.16. The molecule has 4 rings (SSSR count). The Kier molecular flexibility index (Phi) is 4.36. The van der Waals surface area contributed by atoms with Crippen molar-refractivity contribution in [3.63, 3.8) is 0 Å². The highest BCUT2D eigenvalue weighted by atomic mass is 16.6. The third-order valence-electron chi connectivity index (χ3n) is 4.83. The number of aromatic nitrogens is 2. The van der Waals surface area contributed by atoms with Gasteiger partial charge in [-0.05, 0) is 32.4 Å². The first-order valence-electron chi connectivity index (χ1n) is 8.98. The number of oxime groups is 1. The number of rotatable bonds is 3. The van der Waals surface area contributed by atoms with Crippen LogP contribution in [0.2, 0.25) is 0 Å². The van der Waals surface area contributed by atoms with Gasteiger partial charge in [-0.3, -0.25) is 4.79 Å². The molecule has 1 aliphatic rings. The van der Waals surface area contributed by atoms with Gasteiger partial charge in [0.15, 0.2) is 0 Å². The van der Waals surface area contributed by atoms with Gasteiger partial charge in [0.05, 0.1) is 17.3 Å². The van der Waals surface area contributed by atoms with Gasteiger partial charge in [-0.1, -0.05) is 65.3 Å². The van der Waals surface area contributed by atoms with Gasteiger partial charge in [0.2, 0.25) is 6.10 Å². The van der Waals surface area contributed by atoms with Crippen LogP contribution in [0.1, 0.15) is 38.8 Å². The highest BCUT2D eigenvalue weighted by Gasteiger charge is 2.42. The molecule has 27 heavy (non-hydrogen) atoms. The first-order chi connectivity index (χ1) is 13.0. The van der Waals surface area contributed by atoms with Gasteiger partial charge in [0.1, 0.15) is 0 Å². The van der Waals surface area contributed by atoms with Crippen LogP contribution >= 0.6 is 0 Å². The van der Waals surface area contributed by atoms with Crippen molar-refractivity contribution in [3.05, 3.63) is 88.7 Å². The summed E-state index contributed by atoms with van der Waals surface area (Å²) in [5.74, 6) is -0.495. The van der Waals surface area contributed by atoms with Gasteiger partial charge in [-0.2, -0.15) is 5.10 Å². The van der Waals surface area contributed by atoms with E-state index in [1.807, 2.05) is 81.4 Å². The summed E-state index contributed by atoms with van der Waals surface area (Å²) in [6, 6.07) is 19.9. The molecule has 0 radical (unpaired) electrons. The van der Waals surface area contributed by atoms with Crippen LogP contribution in [-0.4, -0.2) is 27.5 Å². The standard InChI is InChI=1S/C22H21N3O2/c1-14-9-11-17(12-10-14)19-20(18-7-5-4-6-8-18)24-27-21(19)22(26)25-16(3)13-15(2)23-25/h4-13,19,21H,1-3H3/t19-,21-/m0/s1. The average Bonchev–Trinajstić information content (AvgIpc) is 3.26. The molecule has 1 aliphatic heterocycles. The predicted octanol–water partition coefficient (Wildman–Crippen LogP) is 4.04. The Balaban J connectivity index is 1.76. The number of aryl methyl sites for hydroxylation is 3. The first kappa shape index (κ1) is 17.2. The lowest BCUT2D eigenvalue weighted by molar-refractivity contribution is 0.0414. The van der Waals surface area contributed by atoms with Crippen molar-refractivity contribution < 1.29 is 9.63 Å². The molecule has 0 N–H and O–H groups in total. The molecule has 0 bridgehead atoms. The highest BCUT2D eigenvalue weighted by Crippen LogP contribution is 2.33. The van der Waals surface area contributed by atoms with Crippen molar-refractivity contribution >= 4 is 11.6 Å². The fourth-order valence-electron chi connectivity index (χ4n) is 3.48. The van der Waals surface area contributed by atoms with Crippen LogP contribution in [0.3, 0.4) is 0 Å². The average molecular weight is 359 g/mol. The van der Waals surface area contributed by atoms with Crippen molar-refractivity contribution in [2.45, 2.75) is 32.8 Å². The van der Waals surface area contributed by atoms with Crippen LogP contribution in [0.15, 0.2) is 65.8 Å². The summed E-state index contributed by atoms with van der Waals surface area (Å²) < 4.78 is 1.42. The Hall–Kier alpha value is -3.21. The van der Waals surface area contributed by atoms with E-state index in [1.165, 1.54) is 4.68 Å². The zero-order valence-electron chi connectivity index (χ0n) is 15.6. The maximum atomic E-state index is 13.2. The zero-order chi connectivity index (χ0) is 19.0. The van der Waals surface area contributed by atoms with E-state index in [2.05, 4.69) is 10.3 Å². The normalized spacial score (nSPS) is 18.9. The SMILES string of the molecule is Cc1ccc([C@H]2C(c3ccccc3)=NO[C@@H]2C(=O)n2nc(C)cc2C)cc1. The van der Waals surface area contributed by atoms with E-state index in [-0.39, 0.29) is 11.8 Å². The van der Waals surface area contributed by atoms with E-state index >= 15 is 0 Å². The Morgan fingerprint density at radius 3 is 2.33 bits per heavy atom. The van der Waals surface area contributed by atoms with Crippen LogP contribution in [0.25, 0.3) is 0 Å². The summed E-state index contributed by atoms with van der Waals surface area (Å²) in [5.41, 5.74) is 5.47. The number of carbonyl (C=O) groups excluding carboxylic acids is 1. The van der Waals surface area contributed by atoms with E-state index in [0.717, 1.165) is 33.8 Å². The lowest BCUT2D eigenvalue weighted by Crippen LogP contribution is -2.35. The summed E-state index contributed by atoms with van der Waals surface area (Å²) in [6.07, 6.45) is -0.749. The molecular weight excluding hydrogens is 338 g/mol. The molecule has 2 heterocycles. The Morgan fingerprint density at radius 1 is 1.00 bits per heavy atom. The van der Waals surface area contributed by atoms with Gasteiger partial charge in [-0.15, -0.1) is 0 Å². The molecule has 0 saturated carbocycles. The molecule has 0 spiro atoms. The van der Waals surface area contributed by atoms with E-state index in [9.17, 15) is 4.79 Å². The van der Waals surface area contributed by atoms with Crippen molar-refractivity contribution in [3.8, 4) is 0 Å². The van der Waals surface area contributed by atoms with E-state index in [1.54, 1.807) is 0 Å². The number of hydrogen-bond acceptors (Lipinski definition) is 4. The second-order valence-corrected chi connectivity index (χ2v) is 6.93. The Morgan fingerprint density at radius 2 is 1.70 bits per heavy atom. The minimum atomic E-state index is -0.749. The zero-order valence-corrected chi connectivity index (χ0v) is 15.6. The van der Waals surface area contributed by atoms with E-state index < -0.39 is 6.10 Å². The minimum absolute atomic E-state index is 0.208. The van der Waals surface area contributed by atoms with E-state index in [0.29, 0.717) is 0 Å². The van der Waals surface area contributed by atoms with Crippen LogP contribution in [0.4, 0.5) is 0 Å². The molecule has 0 saturated heterocycles. The topological polar surface area (TPSA) is 56.5 Å². The lowest BCUT2D eigenvalue weighted by atomic mass is 9.85. The molecule has 0 aliphatic carbocycles. The van der Waals surface area contributed by atoms with Crippen molar-refractivity contribution in [2.24, 2.45) is 5.16 Å². The fraction of sp³-hybridized carbons (Fsp3) is 0.227. The summed E-state index contributed by atoms with van der Waals surface area (Å²) in [4.78, 5) is 18.9. The molecule has 3 aromatic rings. The van der Waals surface area contributed by atoms with Crippen molar-refractivity contribution in [1.82, 2.24) is 9.78 Å². The molecule has 0 unspecified atom stereocenters. The summed E-state index contributed by atoms with van der Waals surface area (Å²) in [5, 5.41) is 8.64. The van der Waals surface area contributed by atoms with Crippen LogP contribution in [0, 0.1) is 20.8 Å². The maximum absolute atomic E-state index is 13.2. The summed E-state index contributed by atoms with van der Waals surface area (Å²) in [7, 11) is 0. The number of carbonyl (C=O) groups is 1. The highest BCUT2D eigenvalue weighted by molar-refractivity contribution is 6.09. The summed E-state index contributed by atoms with van der Waals surface area (Å²) >= 11 is 0. The van der Waals surface area contributed by atoms with Crippen molar-refractivity contribution in [2.75, 3.05) is 0 Å². The van der Waals surface area contributed by atoms with E-state index in [4.69, 9.17) is 4.84 Å². The molecule has 2 aromatic carbocycles. The first-order valence-corrected chi connectivity index (χ1v) is 8.98. The Labute approximate surface area is 158 Å². The molecule has 136 valence electrons. The fourth-order valence-corrected chi connectivity index (χ4v) is 3.48. The summed E-state index contributed by atoms with van der Waals surface area (Å²) in [6.45, 7) is 5.78. The van der Waals surface area contributed by atoms with Gasteiger partial charge in [0, 0.05) is 11.3 Å². The van der Waals surface area contributed by atoms with Gasteiger partial charge in [-0.25, -0.2) is 4.68 Å². The van der Waals surface area contributed by atoms with Gasteiger partial charge < -0.3 is 4.84 Å². The van der Waals surface area contributed by atoms with Crippen LogP contribution in [-0.2, 0) is 4.84 Å². The lowest BCUT2D eigenvalue weighted by Gasteiger charge is -2.19. The second-order valence-electron chi connectivity index (χ2n) is 6.93. The van der Waals surface area contributed by atoms with Gasteiger partial charge in [0.25, 0.3) is 5.91 Å². The molecule has 0 amide bonds. The van der Waals surface area contributed by atoms with Crippen LogP contribution < -0.4 is 0 Å². The smallest absolute Gasteiger partial charge is 0.292 e. The molecule has 2 atom stereocenters. The van der Waals surface area contributed by atoms with Crippen LogP contribution in [0.5, 0.6) is 0 Å². The third-order valence-corrected chi connectivity index (χ3v) is 4.83. The minimum Gasteiger partial charge on any atom is -0.381 e. The predicted molar refractivity (Wildman–Crippen MR) is 104 cm³/mol.